The fourth-order valence-corrected chi connectivity index (χ4v) is 2.05. The number of rotatable bonds is 3. The number of aryl methyl sites for hydroxylation is 1. The Morgan fingerprint density at radius 1 is 1.21 bits per heavy atom. The molecule has 0 N–H and O–H groups in total. The third-order valence-electron chi connectivity index (χ3n) is 3.83. The first-order valence-corrected chi connectivity index (χ1v) is 6.76. The Kier molecular flexibility index (Phi) is 3.68. The minimum absolute atomic E-state index is 0.232. The number of carbonyl (C=O) groups is 1. The molecule has 2 atom stereocenters. The highest BCUT2D eigenvalue weighted by molar-refractivity contribution is 5.76. The van der Waals surface area contributed by atoms with Gasteiger partial charge in [-0.25, -0.2) is 4.79 Å². The van der Waals surface area contributed by atoms with E-state index in [-0.39, 0.29) is 11.4 Å². The van der Waals surface area contributed by atoms with Gasteiger partial charge in [-0.3, -0.25) is 0 Å². The van der Waals surface area contributed by atoms with Gasteiger partial charge in [-0.15, -0.1) is 0 Å². The number of benzene rings is 1. The van der Waals surface area contributed by atoms with Crippen LogP contribution in [0.4, 0.5) is 0 Å². The summed E-state index contributed by atoms with van der Waals surface area (Å²) in [7, 11) is 0. The van der Waals surface area contributed by atoms with Gasteiger partial charge in [0.15, 0.2) is 6.10 Å². The van der Waals surface area contributed by atoms with Crippen molar-refractivity contribution < 1.29 is 14.3 Å². The van der Waals surface area contributed by atoms with E-state index >= 15 is 0 Å². The average molecular weight is 262 g/mol. The summed E-state index contributed by atoms with van der Waals surface area (Å²) < 4.78 is 11.3. The van der Waals surface area contributed by atoms with Crippen LogP contribution in [0, 0.1) is 5.41 Å². The van der Waals surface area contributed by atoms with Gasteiger partial charge >= 0.3 is 5.97 Å². The summed E-state index contributed by atoms with van der Waals surface area (Å²) in [6, 6.07) is 10.1. The van der Waals surface area contributed by atoms with Crippen LogP contribution in [0.15, 0.2) is 30.3 Å². The minimum Gasteiger partial charge on any atom is -0.431 e. The van der Waals surface area contributed by atoms with Crippen LogP contribution in [0.3, 0.4) is 0 Å². The molecule has 104 valence electrons. The lowest BCUT2D eigenvalue weighted by Gasteiger charge is -2.35. The molecule has 0 aromatic heterocycles. The van der Waals surface area contributed by atoms with Crippen LogP contribution in [0.1, 0.15) is 39.7 Å². The highest BCUT2D eigenvalue weighted by atomic mass is 16.8. The lowest BCUT2D eigenvalue weighted by molar-refractivity contribution is -0.218. The van der Waals surface area contributed by atoms with Crippen molar-refractivity contribution >= 4 is 5.97 Å². The van der Waals surface area contributed by atoms with Gasteiger partial charge in [0.05, 0.1) is 0 Å². The summed E-state index contributed by atoms with van der Waals surface area (Å²) >= 11 is 0. The molecule has 3 heteroatoms. The molecule has 1 fully saturated rings. The quantitative estimate of drug-likeness (QED) is 0.784. The van der Waals surface area contributed by atoms with Crippen molar-refractivity contribution in [3.63, 3.8) is 0 Å². The van der Waals surface area contributed by atoms with Gasteiger partial charge in [-0.2, -0.15) is 0 Å². The smallest absolute Gasteiger partial charge is 0.337 e. The molecule has 1 heterocycles. The molecule has 2 rings (SSSR count). The molecule has 1 aromatic carbocycles. The molecular weight excluding hydrogens is 240 g/mol. The molecule has 0 radical (unpaired) electrons. The van der Waals surface area contributed by atoms with Crippen molar-refractivity contribution in [3.05, 3.63) is 35.9 Å². The monoisotopic (exact) mass is 262 g/mol. The lowest BCUT2D eigenvalue weighted by Crippen LogP contribution is -2.41. The SMILES string of the molecule is CC(C)(C)[C@@]1(C)OC(=O)[C@H](CCc2ccccc2)O1. The molecular formula is C16H22O3. The van der Waals surface area contributed by atoms with E-state index in [0.717, 1.165) is 6.42 Å². The Hall–Kier alpha value is -1.35. The van der Waals surface area contributed by atoms with Crippen molar-refractivity contribution in [2.75, 3.05) is 0 Å². The number of carbonyl (C=O) groups excluding carboxylic acids is 1. The first kappa shape index (κ1) is 14.1. The molecule has 19 heavy (non-hydrogen) atoms. The summed E-state index contributed by atoms with van der Waals surface area (Å²) in [5.41, 5.74) is 0.979. The largest absolute Gasteiger partial charge is 0.431 e. The summed E-state index contributed by atoms with van der Waals surface area (Å²) in [6.07, 6.45) is 1.03. The molecule has 0 unspecified atom stereocenters. The van der Waals surface area contributed by atoms with Gasteiger partial charge in [-0.1, -0.05) is 51.1 Å². The number of hydrogen-bond acceptors (Lipinski definition) is 3. The number of esters is 1. The van der Waals surface area contributed by atoms with E-state index in [4.69, 9.17) is 9.47 Å². The molecule has 0 spiro atoms. The van der Waals surface area contributed by atoms with Crippen LogP contribution in [-0.2, 0) is 20.7 Å². The van der Waals surface area contributed by atoms with Crippen molar-refractivity contribution in [1.82, 2.24) is 0 Å². The second kappa shape index (κ2) is 4.97. The van der Waals surface area contributed by atoms with E-state index in [2.05, 4.69) is 12.1 Å². The maximum Gasteiger partial charge on any atom is 0.337 e. The van der Waals surface area contributed by atoms with E-state index in [1.165, 1.54) is 5.56 Å². The van der Waals surface area contributed by atoms with Gasteiger partial charge in [0.25, 0.3) is 0 Å². The predicted molar refractivity (Wildman–Crippen MR) is 73.6 cm³/mol. The Labute approximate surface area is 114 Å². The number of ether oxygens (including phenoxy) is 2. The van der Waals surface area contributed by atoms with Gasteiger partial charge < -0.3 is 9.47 Å². The Balaban J connectivity index is 1.98. The number of cyclic esters (lactones) is 1. The second-order valence-electron chi connectivity index (χ2n) is 6.25. The predicted octanol–water partition coefficient (Wildman–Crippen LogP) is 3.32. The summed E-state index contributed by atoms with van der Waals surface area (Å²) in [4.78, 5) is 11.9. The number of hydrogen-bond donors (Lipinski definition) is 0. The third kappa shape index (κ3) is 2.98. The van der Waals surface area contributed by atoms with Gasteiger partial charge in [0.2, 0.25) is 5.79 Å². The third-order valence-corrected chi connectivity index (χ3v) is 3.83. The zero-order valence-corrected chi connectivity index (χ0v) is 12.1. The van der Waals surface area contributed by atoms with Gasteiger partial charge in [-0.05, 0) is 18.4 Å². The zero-order chi connectivity index (χ0) is 14.1. The molecule has 1 aliphatic rings. The van der Waals surface area contributed by atoms with E-state index in [1.54, 1.807) is 0 Å². The zero-order valence-electron chi connectivity index (χ0n) is 12.1. The standard InChI is InChI=1S/C16H22O3/c1-15(2,3)16(4)18-13(14(17)19-16)11-10-12-8-6-5-7-9-12/h5-9,13H,10-11H2,1-4H3/t13-,16+/m0/s1. The maximum atomic E-state index is 11.9. The van der Waals surface area contributed by atoms with Gasteiger partial charge in [0, 0.05) is 12.3 Å². The van der Waals surface area contributed by atoms with Crippen LogP contribution in [0.25, 0.3) is 0 Å². The van der Waals surface area contributed by atoms with E-state index in [9.17, 15) is 4.79 Å². The van der Waals surface area contributed by atoms with Crippen LogP contribution in [0.5, 0.6) is 0 Å². The molecule has 3 nitrogen and oxygen atoms in total. The van der Waals surface area contributed by atoms with Crippen molar-refractivity contribution in [2.24, 2.45) is 5.41 Å². The molecule has 0 saturated carbocycles. The first-order valence-electron chi connectivity index (χ1n) is 6.76. The van der Waals surface area contributed by atoms with Crippen molar-refractivity contribution in [2.45, 2.75) is 52.4 Å². The molecule has 0 aliphatic carbocycles. The Morgan fingerprint density at radius 3 is 2.37 bits per heavy atom. The summed E-state index contributed by atoms with van der Waals surface area (Å²) in [5, 5.41) is 0. The fraction of sp³-hybridized carbons (Fsp3) is 0.562. The van der Waals surface area contributed by atoms with E-state index in [1.807, 2.05) is 45.9 Å². The molecule has 1 aromatic rings. The molecule has 0 amide bonds. The van der Waals surface area contributed by atoms with Crippen molar-refractivity contribution in [3.8, 4) is 0 Å². The van der Waals surface area contributed by atoms with E-state index in [0.29, 0.717) is 6.42 Å². The molecule has 0 bridgehead atoms. The highest BCUT2D eigenvalue weighted by Crippen LogP contribution is 2.40. The van der Waals surface area contributed by atoms with Crippen LogP contribution >= 0.6 is 0 Å². The molecule has 1 saturated heterocycles. The fourth-order valence-electron chi connectivity index (χ4n) is 2.05. The van der Waals surface area contributed by atoms with Crippen LogP contribution in [0.2, 0.25) is 0 Å². The maximum absolute atomic E-state index is 11.9. The lowest BCUT2D eigenvalue weighted by atomic mass is 9.87. The Morgan fingerprint density at radius 2 is 1.84 bits per heavy atom. The normalized spacial score (nSPS) is 27.4. The Bertz CT molecular complexity index is 447. The minimum atomic E-state index is -0.828. The van der Waals surface area contributed by atoms with Gasteiger partial charge in [0.1, 0.15) is 0 Å². The van der Waals surface area contributed by atoms with E-state index < -0.39 is 11.9 Å². The van der Waals surface area contributed by atoms with Crippen LogP contribution < -0.4 is 0 Å². The molecule has 1 aliphatic heterocycles. The highest BCUT2D eigenvalue weighted by Gasteiger charge is 2.51. The summed E-state index contributed by atoms with van der Waals surface area (Å²) in [6.45, 7) is 7.88. The summed E-state index contributed by atoms with van der Waals surface area (Å²) in [5.74, 6) is -1.07. The van der Waals surface area contributed by atoms with Crippen LogP contribution in [-0.4, -0.2) is 17.9 Å². The first-order chi connectivity index (χ1) is 8.82. The second-order valence-corrected chi connectivity index (χ2v) is 6.25. The topological polar surface area (TPSA) is 35.5 Å². The van der Waals surface area contributed by atoms with Crippen molar-refractivity contribution in [1.29, 1.82) is 0 Å². The average Bonchev–Trinajstić information content (AvgIpc) is 2.64.